The van der Waals surface area contributed by atoms with Gasteiger partial charge in [0.1, 0.15) is 5.69 Å². The molecule has 0 bridgehead atoms. The van der Waals surface area contributed by atoms with E-state index in [2.05, 4.69) is 30.5 Å². The Morgan fingerprint density at radius 3 is 2.56 bits per heavy atom. The first-order chi connectivity index (χ1) is 13.1. The molecule has 0 unspecified atom stereocenters. The monoisotopic (exact) mass is 389 g/mol. The maximum Gasteiger partial charge on any atom is 0.314 e. The summed E-state index contributed by atoms with van der Waals surface area (Å²) >= 11 is 5.82. The number of hydrogen-bond donors (Lipinski definition) is 0. The maximum atomic E-state index is 12.5. The van der Waals surface area contributed by atoms with E-state index in [1.807, 2.05) is 0 Å². The molecule has 0 fully saturated rings. The minimum absolute atomic E-state index is 0.0128. The normalized spacial score (nSPS) is 11.3. The van der Waals surface area contributed by atoms with Gasteiger partial charge in [-0.1, -0.05) is 16.8 Å². The van der Waals surface area contributed by atoms with Crippen molar-refractivity contribution in [3.63, 3.8) is 0 Å². The van der Waals surface area contributed by atoms with Gasteiger partial charge in [-0.15, -0.1) is 15.3 Å². The van der Waals surface area contributed by atoms with Crippen LogP contribution in [0.2, 0.25) is 5.02 Å². The molecule has 136 valence electrons. The molecule has 0 aliphatic heterocycles. The van der Waals surface area contributed by atoms with Crippen LogP contribution in [0.4, 0.5) is 8.78 Å². The second kappa shape index (κ2) is 7.16. The summed E-state index contributed by atoms with van der Waals surface area (Å²) in [5.41, 5.74) is 2.39. The molecule has 0 radical (unpaired) electrons. The molecule has 0 N–H and O–H groups in total. The van der Waals surface area contributed by atoms with Crippen molar-refractivity contribution in [3.8, 4) is 22.8 Å². The van der Waals surface area contributed by atoms with E-state index in [-0.39, 0.29) is 5.89 Å². The molecule has 0 saturated carbocycles. The second-order valence-electron chi connectivity index (χ2n) is 5.45. The lowest BCUT2D eigenvalue weighted by Crippen LogP contribution is -2.02. The highest BCUT2D eigenvalue weighted by Crippen LogP contribution is 2.23. The smallest absolute Gasteiger partial charge is 0.314 e. The van der Waals surface area contributed by atoms with Crippen LogP contribution in [0.15, 0.2) is 47.3 Å². The Morgan fingerprint density at radius 2 is 1.89 bits per heavy atom. The minimum atomic E-state index is -2.81. The summed E-state index contributed by atoms with van der Waals surface area (Å²) in [5.74, 6) is -0.735. The second-order valence-corrected chi connectivity index (χ2v) is 5.88. The van der Waals surface area contributed by atoms with Crippen molar-refractivity contribution in [3.05, 3.63) is 59.5 Å². The predicted molar refractivity (Wildman–Crippen MR) is 89.9 cm³/mol. The lowest BCUT2D eigenvalue weighted by Gasteiger charge is -2.01. The molecule has 11 heteroatoms. The highest BCUT2D eigenvalue weighted by atomic mass is 35.5. The number of hydrogen-bond acceptors (Lipinski definition) is 7. The molecule has 0 atom stereocenters. The molecule has 4 rings (SSSR count). The van der Waals surface area contributed by atoms with Crippen molar-refractivity contribution >= 4 is 11.6 Å². The van der Waals surface area contributed by atoms with E-state index in [0.717, 1.165) is 0 Å². The van der Waals surface area contributed by atoms with E-state index in [4.69, 9.17) is 16.0 Å². The summed E-state index contributed by atoms with van der Waals surface area (Å²) < 4.78 is 31.5. The zero-order valence-corrected chi connectivity index (χ0v) is 14.3. The van der Waals surface area contributed by atoms with Gasteiger partial charge >= 0.3 is 6.43 Å². The number of rotatable bonds is 5. The zero-order valence-electron chi connectivity index (χ0n) is 13.5. The van der Waals surface area contributed by atoms with Gasteiger partial charge in [-0.3, -0.25) is 9.97 Å². The van der Waals surface area contributed by atoms with E-state index in [9.17, 15) is 8.78 Å². The van der Waals surface area contributed by atoms with Crippen molar-refractivity contribution in [2.75, 3.05) is 0 Å². The Morgan fingerprint density at radius 1 is 1.00 bits per heavy atom. The molecule has 0 aliphatic rings. The van der Waals surface area contributed by atoms with Gasteiger partial charge in [-0.05, 0) is 24.3 Å². The minimum Gasteiger partial charge on any atom is -0.415 e. The van der Waals surface area contributed by atoms with Gasteiger partial charge in [0.25, 0.3) is 5.89 Å². The van der Waals surface area contributed by atoms with E-state index in [1.165, 1.54) is 12.4 Å². The van der Waals surface area contributed by atoms with Crippen LogP contribution in [0.5, 0.6) is 0 Å². The van der Waals surface area contributed by atoms with E-state index >= 15 is 0 Å². The Bertz CT molecular complexity index is 1050. The molecule has 8 nitrogen and oxygen atoms in total. The zero-order chi connectivity index (χ0) is 18.8. The van der Waals surface area contributed by atoms with Crippen molar-refractivity contribution in [1.82, 2.24) is 35.2 Å². The van der Waals surface area contributed by atoms with Crippen LogP contribution in [-0.2, 0) is 6.54 Å². The number of aromatic nitrogens is 7. The topological polar surface area (TPSA) is 95.4 Å². The van der Waals surface area contributed by atoms with Gasteiger partial charge in [-0.25, -0.2) is 4.68 Å². The van der Waals surface area contributed by atoms with Crippen LogP contribution in [0.25, 0.3) is 22.8 Å². The van der Waals surface area contributed by atoms with Crippen LogP contribution in [0.3, 0.4) is 0 Å². The average Bonchev–Trinajstić information content (AvgIpc) is 3.33. The van der Waals surface area contributed by atoms with Crippen molar-refractivity contribution in [2.45, 2.75) is 13.0 Å². The van der Waals surface area contributed by atoms with Crippen molar-refractivity contribution < 1.29 is 13.2 Å². The van der Waals surface area contributed by atoms with E-state index in [0.29, 0.717) is 34.2 Å². The van der Waals surface area contributed by atoms with Crippen LogP contribution < -0.4 is 0 Å². The molecule has 4 aromatic heterocycles. The highest BCUT2D eigenvalue weighted by Gasteiger charge is 2.17. The fourth-order valence-corrected chi connectivity index (χ4v) is 2.38. The summed E-state index contributed by atoms with van der Waals surface area (Å²) in [6.45, 7) is 0.368. The summed E-state index contributed by atoms with van der Waals surface area (Å²) in [6, 6.07) is 6.84. The number of alkyl halides is 2. The first-order valence-corrected chi connectivity index (χ1v) is 8.05. The third kappa shape index (κ3) is 3.80. The average molecular weight is 390 g/mol. The first kappa shape index (κ1) is 17.2. The SMILES string of the molecule is FC(F)c1nnc(-c2ccc(Cn3cc(-c4ccc(Cl)cn4)nn3)nc2)o1. The molecule has 27 heavy (non-hydrogen) atoms. The molecule has 0 spiro atoms. The standard InChI is InChI=1S/C16H10ClF2N7O/c17-10-2-4-12(21-6-10)13-8-26(25-22-13)7-11-3-1-9(5-20-11)15-23-24-16(27-15)14(18)19/h1-6,8,14H,7H2. The molecule has 0 amide bonds. The summed E-state index contributed by atoms with van der Waals surface area (Å²) in [6.07, 6.45) is 1.93. The van der Waals surface area contributed by atoms with Gasteiger partial charge in [0.15, 0.2) is 0 Å². The van der Waals surface area contributed by atoms with Gasteiger partial charge in [-0.2, -0.15) is 8.78 Å². The molecule has 4 heterocycles. The molecular weight excluding hydrogens is 380 g/mol. The van der Waals surface area contributed by atoms with E-state index in [1.54, 1.807) is 35.1 Å². The van der Waals surface area contributed by atoms with Crippen LogP contribution >= 0.6 is 11.6 Å². The predicted octanol–water partition coefficient (Wildman–Crippen LogP) is 3.42. The van der Waals surface area contributed by atoms with E-state index < -0.39 is 12.3 Å². The first-order valence-electron chi connectivity index (χ1n) is 7.67. The quantitative estimate of drug-likeness (QED) is 0.516. The molecule has 0 aromatic carbocycles. The maximum absolute atomic E-state index is 12.5. The van der Waals surface area contributed by atoms with Crippen molar-refractivity contribution in [2.24, 2.45) is 0 Å². The fraction of sp³-hybridized carbons (Fsp3) is 0.125. The van der Waals surface area contributed by atoms with Crippen LogP contribution in [0, 0.1) is 0 Å². The van der Waals surface area contributed by atoms with Gasteiger partial charge in [0.2, 0.25) is 5.89 Å². The van der Waals surface area contributed by atoms with Gasteiger partial charge < -0.3 is 4.42 Å². The molecule has 0 aliphatic carbocycles. The molecular formula is C16H10ClF2N7O. The summed E-state index contributed by atoms with van der Waals surface area (Å²) in [5, 5.41) is 15.5. The molecule has 4 aromatic rings. The number of nitrogens with zero attached hydrogens (tertiary/aromatic N) is 7. The van der Waals surface area contributed by atoms with Gasteiger partial charge in [0.05, 0.1) is 34.7 Å². The highest BCUT2D eigenvalue weighted by molar-refractivity contribution is 6.30. The summed E-state index contributed by atoms with van der Waals surface area (Å²) in [7, 11) is 0. The number of pyridine rings is 2. The lowest BCUT2D eigenvalue weighted by molar-refractivity contribution is 0.116. The van der Waals surface area contributed by atoms with Crippen molar-refractivity contribution in [1.29, 1.82) is 0 Å². The summed E-state index contributed by atoms with van der Waals surface area (Å²) in [4.78, 5) is 8.45. The molecule has 0 saturated heterocycles. The third-order valence-corrected chi connectivity index (χ3v) is 3.78. The number of halogens is 3. The lowest BCUT2D eigenvalue weighted by atomic mass is 10.2. The fourth-order valence-electron chi connectivity index (χ4n) is 2.27. The van der Waals surface area contributed by atoms with Crippen LogP contribution in [-0.4, -0.2) is 35.2 Å². The van der Waals surface area contributed by atoms with Crippen LogP contribution in [0.1, 0.15) is 18.0 Å². The Labute approximate surface area is 155 Å². The third-order valence-electron chi connectivity index (χ3n) is 3.55. The largest absolute Gasteiger partial charge is 0.415 e. The Balaban J connectivity index is 1.48. The Hall–Kier alpha value is -3.27. The Kier molecular flexibility index (Phi) is 4.55. The van der Waals surface area contributed by atoms with Gasteiger partial charge in [0, 0.05) is 12.4 Å².